The molecule has 1 heteroatoms. The van der Waals surface area contributed by atoms with Gasteiger partial charge in [-0.05, 0) is 54.3 Å². The largest absolute Gasteiger partial charge is 0.330 e. The van der Waals surface area contributed by atoms with Crippen LogP contribution in [0.25, 0.3) is 10.8 Å². The van der Waals surface area contributed by atoms with Crippen LogP contribution in [0.4, 0.5) is 0 Å². The number of benzene rings is 2. The molecule has 1 nitrogen and oxygen atoms in total. The van der Waals surface area contributed by atoms with Crippen molar-refractivity contribution >= 4 is 10.8 Å². The van der Waals surface area contributed by atoms with Crippen molar-refractivity contribution in [2.24, 2.45) is 5.73 Å². The second-order valence-electron chi connectivity index (χ2n) is 4.06. The highest BCUT2D eigenvalue weighted by molar-refractivity contribution is 5.87. The van der Waals surface area contributed by atoms with Crippen LogP contribution in [0.3, 0.4) is 0 Å². The number of nitrogens with two attached hydrogens (primary N) is 1. The summed E-state index contributed by atoms with van der Waals surface area (Å²) in [7, 11) is 0. The van der Waals surface area contributed by atoms with Crippen LogP contribution in [0, 0.1) is 13.8 Å². The summed E-state index contributed by atoms with van der Waals surface area (Å²) in [5.41, 5.74) is 9.80. The molecule has 0 aliphatic heterocycles. The van der Waals surface area contributed by atoms with E-state index in [0.29, 0.717) is 0 Å². The van der Waals surface area contributed by atoms with Crippen LogP contribution in [0.2, 0.25) is 0 Å². The molecule has 0 aromatic heterocycles. The van der Waals surface area contributed by atoms with Gasteiger partial charge in [0.2, 0.25) is 0 Å². The lowest BCUT2D eigenvalue weighted by Gasteiger charge is -2.12. The Morgan fingerprint density at radius 1 is 1.13 bits per heavy atom. The van der Waals surface area contributed by atoms with Crippen LogP contribution < -0.4 is 5.73 Å². The first-order chi connectivity index (χ1) is 7.24. The van der Waals surface area contributed by atoms with Crippen LogP contribution >= 0.6 is 0 Å². The van der Waals surface area contributed by atoms with Crippen molar-refractivity contribution in [2.75, 3.05) is 6.54 Å². The average Bonchev–Trinajstić information content (AvgIpc) is 2.24. The Bertz CT molecular complexity index is 486. The highest BCUT2D eigenvalue weighted by atomic mass is 14.5. The van der Waals surface area contributed by atoms with E-state index in [1.165, 1.54) is 27.5 Å². The monoisotopic (exact) mass is 199 g/mol. The molecule has 2 N–H and O–H groups in total. The van der Waals surface area contributed by atoms with Gasteiger partial charge in [-0.1, -0.05) is 30.3 Å². The highest BCUT2D eigenvalue weighted by Crippen LogP contribution is 2.25. The number of aryl methyl sites for hydroxylation is 2. The van der Waals surface area contributed by atoms with Crippen molar-refractivity contribution in [2.45, 2.75) is 20.3 Å². The van der Waals surface area contributed by atoms with E-state index in [2.05, 4.69) is 44.2 Å². The molecule has 0 aliphatic rings. The normalized spacial score (nSPS) is 10.9. The molecule has 0 spiro atoms. The maximum atomic E-state index is 5.64. The zero-order chi connectivity index (χ0) is 10.8. The molecule has 0 saturated heterocycles. The van der Waals surface area contributed by atoms with Gasteiger partial charge in [0.25, 0.3) is 0 Å². The van der Waals surface area contributed by atoms with Gasteiger partial charge in [0.1, 0.15) is 0 Å². The maximum Gasteiger partial charge on any atom is -0.00365 e. The number of rotatable bonds is 2. The van der Waals surface area contributed by atoms with Gasteiger partial charge in [-0.15, -0.1) is 0 Å². The minimum absolute atomic E-state index is 0.722. The summed E-state index contributed by atoms with van der Waals surface area (Å²) < 4.78 is 0. The van der Waals surface area contributed by atoms with Crippen molar-refractivity contribution < 1.29 is 0 Å². The fraction of sp³-hybridized carbons (Fsp3) is 0.286. The molecule has 2 rings (SSSR count). The molecular weight excluding hydrogens is 182 g/mol. The molecule has 0 unspecified atom stereocenters. The summed E-state index contributed by atoms with van der Waals surface area (Å²) in [6.07, 6.45) is 0.975. The van der Waals surface area contributed by atoms with Gasteiger partial charge < -0.3 is 5.73 Å². The first kappa shape index (κ1) is 10.2. The quantitative estimate of drug-likeness (QED) is 0.790. The van der Waals surface area contributed by atoms with Crippen molar-refractivity contribution in [3.63, 3.8) is 0 Å². The van der Waals surface area contributed by atoms with E-state index in [-0.39, 0.29) is 0 Å². The molecule has 2 aromatic rings. The molecule has 0 heterocycles. The van der Waals surface area contributed by atoms with Gasteiger partial charge in [0, 0.05) is 0 Å². The van der Waals surface area contributed by atoms with E-state index in [9.17, 15) is 0 Å². The third-order valence-corrected chi connectivity index (χ3v) is 3.06. The summed E-state index contributed by atoms with van der Waals surface area (Å²) >= 11 is 0. The Kier molecular flexibility index (Phi) is 2.74. The van der Waals surface area contributed by atoms with E-state index in [1.54, 1.807) is 0 Å². The predicted octanol–water partition coefficient (Wildman–Crippen LogP) is 2.96. The molecular formula is C14H17N. The average molecular weight is 199 g/mol. The smallest absolute Gasteiger partial charge is 0.00365 e. The fourth-order valence-electron chi connectivity index (χ4n) is 2.27. The molecule has 0 atom stereocenters. The minimum atomic E-state index is 0.722. The van der Waals surface area contributed by atoms with Crippen molar-refractivity contribution in [3.8, 4) is 0 Å². The first-order valence-electron chi connectivity index (χ1n) is 5.42. The van der Waals surface area contributed by atoms with Gasteiger partial charge in [0.15, 0.2) is 0 Å². The van der Waals surface area contributed by atoms with Crippen molar-refractivity contribution in [3.05, 3.63) is 47.0 Å². The third-order valence-electron chi connectivity index (χ3n) is 3.06. The van der Waals surface area contributed by atoms with Gasteiger partial charge in [-0.25, -0.2) is 0 Å². The zero-order valence-corrected chi connectivity index (χ0v) is 9.38. The highest BCUT2D eigenvalue weighted by Gasteiger charge is 2.05. The standard InChI is InChI=1S/C14H17N/c1-10-9-12-5-3-4-6-14(12)11(2)13(10)7-8-15/h3-6,9H,7-8,15H2,1-2H3. The Morgan fingerprint density at radius 2 is 1.87 bits per heavy atom. The molecule has 0 bridgehead atoms. The van der Waals surface area contributed by atoms with E-state index in [4.69, 9.17) is 5.73 Å². The van der Waals surface area contributed by atoms with Crippen LogP contribution in [0.5, 0.6) is 0 Å². The first-order valence-corrected chi connectivity index (χ1v) is 5.42. The molecule has 78 valence electrons. The van der Waals surface area contributed by atoms with Crippen LogP contribution in [0.15, 0.2) is 30.3 Å². The number of fused-ring (bicyclic) bond motifs is 1. The van der Waals surface area contributed by atoms with Crippen molar-refractivity contribution in [1.29, 1.82) is 0 Å². The van der Waals surface area contributed by atoms with E-state index in [1.807, 2.05) is 0 Å². The lowest BCUT2D eigenvalue weighted by atomic mass is 9.94. The Morgan fingerprint density at radius 3 is 2.60 bits per heavy atom. The second-order valence-corrected chi connectivity index (χ2v) is 4.06. The van der Waals surface area contributed by atoms with E-state index < -0.39 is 0 Å². The van der Waals surface area contributed by atoms with Gasteiger partial charge in [-0.3, -0.25) is 0 Å². The second kappa shape index (κ2) is 4.03. The minimum Gasteiger partial charge on any atom is -0.330 e. The summed E-state index contributed by atoms with van der Waals surface area (Å²) in [5, 5.41) is 2.68. The number of hydrogen-bond donors (Lipinski definition) is 1. The summed E-state index contributed by atoms with van der Waals surface area (Å²) in [6, 6.07) is 10.8. The molecule has 2 aromatic carbocycles. The van der Waals surface area contributed by atoms with Gasteiger partial charge in [-0.2, -0.15) is 0 Å². The number of hydrogen-bond acceptors (Lipinski definition) is 1. The summed E-state index contributed by atoms with van der Waals surface area (Å²) in [4.78, 5) is 0. The van der Waals surface area contributed by atoms with E-state index in [0.717, 1.165) is 13.0 Å². The molecule has 0 saturated carbocycles. The molecule has 0 amide bonds. The van der Waals surface area contributed by atoms with E-state index >= 15 is 0 Å². The molecule has 0 aliphatic carbocycles. The van der Waals surface area contributed by atoms with Crippen LogP contribution in [0.1, 0.15) is 16.7 Å². The van der Waals surface area contributed by atoms with Crippen LogP contribution in [-0.4, -0.2) is 6.54 Å². The van der Waals surface area contributed by atoms with Gasteiger partial charge >= 0.3 is 0 Å². The van der Waals surface area contributed by atoms with Gasteiger partial charge in [0.05, 0.1) is 0 Å². The summed E-state index contributed by atoms with van der Waals surface area (Å²) in [6.45, 7) is 5.09. The lowest BCUT2D eigenvalue weighted by Crippen LogP contribution is -2.06. The SMILES string of the molecule is Cc1cc2ccccc2c(C)c1CCN. The van der Waals surface area contributed by atoms with Crippen LogP contribution in [-0.2, 0) is 6.42 Å². The predicted molar refractivity (Wildman–Crippen MR) is 66.2 cm³/mol. The topological polar surface area (TPSA) is 26.0 Å². The molecule has 0 radical (unpaired) electrons. The lowest BCUT2D eigenvalue weighted by molar-refractivity contribution is 0.950. The Hall–Kier alpha value is -1.34. The molecule has 0 fully saturated rings. The Labute approximate surface area is 90.9 Å². The summed E-state index contributed by atoms with van der Waals surface area (Å²) in [5.74, 6) is 0. The fourth-order valence-corrected chi connectivity index (χ4v) is 2.27. The zero-order valence-electron chi connectivity index (χ0n) is 9.38. The maximum absolute atomic E-state index is 5.64. The van der Waals surface area contributed by atoms with Crippen molar-refractivity contribution in [1.82, 2.24) is 0 Å². The molecule has 15 heavy (non-hydrogen) atoms. The Balaban J connectivity index is 2.72. The third kappa shape index (κ3) is 1.75.